The smallest absolute Gasteiger partial charge is 0.305 e. The van der Waals surface area contributed by atoms with Crippen molar-refractivity contribution in [1.29, 1.82) is 0 Å². The van der Waals surface area contributed by atoms with Gasteiger partial charge >= 0.3 is 5.97 Å². The minimum atomic E-state index is -0.660. The van der Waals surface area contributed by atoms with Gasteiger partial charge in [0.1, 0.15) is 0 Å². The Hall–Kier alpha value is -1.66. The van der Waals surface area contributed by atoms with Crippen LogP contribution in [-0.2, 0) is 14.3 Å². The zero-order valence-electron chi connectivity index (χ0n) is 50.1. The third-order valence-electron chi connectivity index (χ3n) is 15.7. The number of hydrogen-bond acceptors (Lipinski definition) is 5. The number of esters is 1. The number of carbonyl (C=O) groups is 2. The fourth-order valence-electron chi connectivity index (χ4n) is 10.6. The van der Waals surface area contributed by atoms with E-state index >= 15 is 0 Å². The van der Waals surface area contributed by atoms with Crippen molar-refractivity contribution in [2.45, 2.75) is 386 Å². The molecule has 0 aliphatic heterocycles. The third kappa shape index (κ3) is 59.6. The second kappa shape index (κ2) is 63.9. The van der Waals surface area contributed by atoms with Crippen LogP contribution in [0.1, 0.15) is 373 Å². The fourth-order valence-corrected chi connectivity index (χ4v) is 10.6. The average Bonchev–Trinajstić information content (AvgIpc) is 3.40. The Morgan fingerprint density at radius 1 is 0.365 bits per heavy atom. The van der Waals surface area contributed by atoms with Crippen LogP contribution >= 0.6 is 0 Å². The maximum atomic E-state index is 12.4. The van der Waals surface area contributed by atoms with E-state index < -0.39 is 12.1 Å². The minimum Gasteiger partial charge on any atom is -0.466 e. The molecule has 0 saturated carbocycles. The first-order valence-electron chi connectivity index (χ1n) is 33.6. The Morgan fingerprint density at radius 3 is 0.959 bits per heavy atom. The van der Waals surface area contributed by atoms with E-state index in [1.54, 1.807) is 0 Å². The van der Waals surface area contributed by atoms with Gasteiger partial charge in [0.2, 0.25) is 5.91 Å². The first-order chi connectivity index (χ1) is 36.5. The predicted molar refractivity (Wildman–Crippen MR) is 324 cm³/mol. The van der Waals surface area contributed by atoms with Crippen LogP contribution in [0.15, 0.2) is 24.3 Å². The van der Waals surface area contributed by atoms with Crippen LogP contribution in [-0.4, -0.2) is 47.4 Å². The van der Waals surface area contributed by atoms with Gasteiger partial charge in [0.05, 0.1) is 25.4 Å². The molecule has 0 aromatic rings. The van der Waals surface area contributed by atoms with E-state index in [1.807, 2.05) is 0 Å². The largest absolute Gasteiger partial charge is 0.466 e. The van der Waals surface area contributed by atoms with E-state index in [2.05, 4.69) is 43.5 Å². The van der Waals surface area contributed by atoms with Crippen LogP contribution < -0.4 is 5.32 Å². The van der Waals surface area contributed by atoms with Crippen molar-refractivity contribution < 1.29 is 24.5 Å². The number of amides is 1. The molecule has 2 unspecified atom stereocenters. The van der Waals surface area contributed by atoms with Crippen molar-refractivity contribution in [3.63, 3.8) is 0 Å². The van der Waals surface area contributed by atoms with Crippen LogP contribution in [0.4, 0.5) is 0 Å². The van der Waals surface area contributed by atoms with Crippen LogP contribution in [0.25, 0.3) is 0 Å². The SMILES string of the molecule is CCCCCCCCC/C=C\CCCCCCCC(=O)OCCCCCCCCCCCCCC/C=C\CCCCCCCCCCCCCCCCCC(=O)NC(CO)C(O)CCCCCCCCCCCC. The van der Waals surface area contributed by atoms with Gasteiger partial charge in [0.25, 0.3) is 0 Å². The summed E-state index contributed by atoms with van der Waals surface area (Å²) in [5.74, 6) is -0.0224. The normalized spacial score (nSPS) is 12.6. The lowest BCUT2D eigenvalue weighted by atomic mass is 10.0. The van der Waals surface area contributed by atoms with Gasteiger partial charge < -0.3 is 20.3 Å². The first-order valence-corrected chi connectivity index (χ1v) is 33.6. The Bertz CT molecular complexity index is 1150. The number of rotatable bonds is 63. The third-order valence-corrected chi connectivity index (χ3v) is 15.7. The van der Waals surface area contributed by atoms with E-state index in [0.717, 1.165) is 44.9 Å². The maximum Gasteiger partial charge on any atom is 0.305 e. The molecule has 0 radical (unpaired) electrons. The van der Waals surface area contributed by atoms with E-state index in [9.17, 15) is 19.8 Å². The highest BCUT2D eigenvalue weighted by molar-refractivity contribution is 5.76. The Kier molecular flexibility index (Phi) is 62.4. The first kappa shape index (κ1) is 72.3. The highest BCUT2D eigenvalue weighted by atomic mass is 16.5. The molecule has 1 amide bonds. The maximum absolute atomic E-state index is 12.4. The molecule has 0 aliphatic rings. The molecule has 6 nitrogen and oxygen atoms in total. The summed E-state index contributed by atoms with van der Waals surface area (Å²) in [7, 11) is 0. The van der Waals surface area contributed by atoms with E-state index in [-0.39, 0.29) is 18.5 Å². The van der Waals surface area contributed by atoms with Crippen molar-refractivity contribution in [1.82, 2.24) is 5.32 Å². The topological polar surface area (TPSA) is 95.9 Å². The van der Waals surface area contributed by atoms with E-state index in [4.69, 9.17) is 4.74 Å². The second-order valence-corrected chi connectivity index (χ2v) is 23.1. The number of aliphatic hydroxyl groups excluding tert-OH is 2. The number of allylic oxidation sites excluding steroid dienone is 4. The van der Waals surface area contributed by atoms with Crippen molar-refractivity contribution in [2.24, 2.45) is 0 Å². The summed E-state index contributed by atoms with van der Waals surface area (Å²) in [6, 6.07) is -0.538. The van der Waals surface area contributed by atoms with Crippen LogP contribution in [0.5, 0.6) is 0 Å². The van der Waals surface area contributed by atoms with Gasteiger partial charge in [-0.3, -0.25) is 9.59 Å². The van der Waals surface area contributed by atoms with Crippen LogP contribution in [0.3, 0.4) is 0 Å². The molecule has 0 fully saturated rings. The lowest BCUT2D eigenvalue weighted by Gasteiger charge is -2.22. The average molecular weight is 1040 g/mol. The quantitative estimate of drug-likeness (QED) is 0.0320. The molecule has 0 spiro atoms. The molecule has 0 bridgehead atoms. The molecule has 0 aliphatic carbocycles. The van der Waals surface area contributed by atoms with Crippen molar-refractivity contribution in [3.8, 4) is 0 Å². The lowest BCUT2D eigenvalue weighted by molar-refractivity contribution is -0.143. The molecule has 0 aromatic carbocycles. The van der Waals surface area contributed by atoms with E-state index in [0.29, 0.717) is 25.9 Å². The molecule has 2 atom stereocenters. The van der Waals surface area contributed by atoms with Gasteiger partial charge in [-0.25, -0.2) is 0 Å². The number of unbranched alkanes of at least 4 members (excludes halogenated alkanes) is 48. The monoisotopic (exact) mass is 1040 g/mol. The van der Waals surface area contributed by atoms with Gasteiger partial charge in [-0.05, 0) is 77.0 Å². The molecule has 0 aromatic heterocycles. The molecular weight excluding hydrogens is 911 g/mol. The highest BCUT2D eigenvalue weighted by Gasteiger charge is 2.20. The summed E-state index contributed by atoms with van der Waals surface area (Å²) < 4.78 is 5.49. The molecule has 438 valence electrons. The fraction of sp³-hybridized carbons (Fsp3) is 0.912. The molecule has 3 N–H and O–H groups in total. The predicted octanol–water partition coefficient (Wildman–Crippen LogP) is 21.4. The van der Waals surface area contributed by atoms with Gasteiger partial charge in [0, 0.05) is 12.8 Å². The molecule has 0 rings (SSSR count). The number of hydrogen-bond donors (Lipinski definition) is 3. The minimum absolute atomic E-state index is 0.0107. The van der Waals surface area contributed by atoms with Crippen LogP contribution in [0, 0.1) is 0 Å². The summed E-state index contributed by atoms with van der Waals surface area (Å²) in [6.45, 7) is 4.96. The molecule has 6 heteroatoms. The number of ether oxygens (including phenoxy) is 1. The zero-order valence-corrected chi connectivity index (χ0v) is 50.1. The molecule has 0 heterocycles. The highest BCUT2D eigenvalue weighted by Crippen LogP contribution is 2.18. The molecule has 0 saturated heterocycles. The van der Waals surface area contributed by atoms with Gasteiger partial charge in [0.15, 0.2) is 0 Å². The molecular formula is C68H131NO5. The van der Waals surface area contributed by atoms with Crippen molar-refractivity contribution in [3.05, 3.63) is 24.3 Å². The van der Waals surface area contributed by atoms with Crippen LogP contribution in [0.2, 0.25) is 0 Å². The Labute approximate surface area is 462 Å². The lowest BCUT2D eigenvalue weighted by Crippen LogP contribution is -2.45. The van der Waals surface area contributed by atoms with Crippen molar-refractivity contribution >= 4 is 11.9 Å². The van der Waals surface area contributed by atoms with Gasteiger partial charge in [-0.15, -0.1) is 0 Å². The molecule has 74 heavy (non-hydrogen) atoms. The number of nitrogens with one attached hydrogen (secondary N) is 1. The van der Waals surface area contributed by atoms with E-state index in [1.165, 1.54) is 295 Å². The summed E-state index contributed by atoms with van der Waals surface area (Å²) in [5.41, 5.74) is 0. The van der Waals surface area contributed by atoms with Gasteiger partial charge in [-0.2, -0.15) is 0 Å². The second-order valence-electron chi connectivity index (χ2n) is 23.1. The summed E-state index contributed by atoms with van der Waals surface area (Å²) in [5, 5.41) is 23.2. The van der Waals surface area contributed by atoms with Gasteiger partial charge in [-0.1, -0.05) is 308 Å². The number of aliphatic hydroxyl groups is 2. The summed E-state index contributed by atoms with van der Waals surface area (Å²) in [4.78, 5) is 24.5. The summed E-state index contributed by atoms with van der Waals surface area (Å²) in [6.07, 6.45) is 79.4. The Balaban J connectivity index is 3.33. The Morgan fingerprint density at radius 2 is 0.635 bits per heavy atom. The van der Waals surface area contributed by atoms with Crippen molar-refractivity contribution in [2.75, 3.05) is 13.2 Å². The standard InChI is InChI=1S/C68H131NO5/c1-3-5-7-9-11-13-15-16-17-36-39-42-46-50-54-58-62-68(73)74-63-59-55-51-47-43-40-37-34-32-30-28-26-24-22-20-18-19-21-23-25-27-29-31-33-35-38-41-45-49-53-57-61-67(72)69-65(64-70)66(71)60-56-52-48-44-14-12-10-8-6-4-2/h17,20,22,36,65-66,70-71H,3-16,18-19,21,23-35,37-64H2,1-2H3,(H,69,72)/b22-20-,36-17-. The zero-order chi connectivity index (χ0) is 53.6. The summed E-state index contributed by atoms with van der Waals surface area (Å²) >= 11 is 0. The number of carbonyl (C=O) groups excluding carboxylic acids is 2.